The molecule has 1 aromatic carbocycles. The van der Waals surface area contributed by atoms with Crippen molar-refractivity contribution in [2.75, 3.05) is 26.3 Å². The molecule has 2 fully saturated rings. The second-order valence-electron chi connectivity index (χ2n) is 7.30. The van der Waals surface area contributed by atoms with Crippen molar-refractivity contribution in [2.24, 2.45) is 0 Å². The highest BCUT2D eigenvalue weighted by atomic mass is 19.4. The molecule has 2 atom stereocenters. The zero-order valence-corrected chi connectivity index (χ0v) is 15.4. The number of aliphatic hydroxyl groups excluding tert-OH is 1. The molecule has 2 aliphatic rings. The van der Waals surface area contributed by atoms with Crippen molar-refractivity contribution < 1.29 is 36.9 Å². The number of hydrogen-bond acceptors (Lipinski definition) is 5. The van der Waals surface area contributed by atoms with E-state index in [9.17, 15) is 22.4 Å². The Kier molecular flexibility index (Phi) is 6.00. The Morgan fingerprint density at radius 3 is 2.69 bits per heavy atom. The number of aliphatic hydroxyl groups is 1. The SMILES string of the molecule is N#Cc1cccc(C2COC3(CCN(C(=O)O[C@H](CO)C(F)(F)F)CC3)C2)c1F. The standard InChI is InChI=1S/C19H20F4N2O4/c20-16-12(9-24)2-1-3-14(16)13-8-18(28-11-13)4-6-25(7-5-18)17(27)29-15(10-26)19(21,22)23/h1-3,13,15,26H,4-8,10-11H2/t13?,15-/m1/s1. The number of nitrogens with zero attached hydrogens (tertiary/aromatic N) is 2. The predicted octanol–water partition coefficient (Wildman–Crippen LogP) is 3.10. The molecule has 29 heavy (non-hydrogen) atoms. The summed E-state index contributed by atoms with van der Waals surface area (Å²) in [4.78, 5) is 13.1. The summed E-state index contributed by atoms with van der Waals surface area (Å²) >= 11 is 0. The first-order chi connectivity index (χ1) is 13.7. The fraction of sp³-hybridized carbons (Fsp3) is 0.579. The van der Waals surface area contributed by atoms with Crippen LogP contribution < -0.4 is 0 Å². The van der Waals surface area contributed by atoms with Crippen molar-refractivity contribution in [2.45, 2.75) is 43.1 Å². The molecule has 2 heterocycles. The number of halogens is 4. The van der Waals surface area contributed by atoms with E-state index in [1.54, 1.807) is 12.1 Å². The third kappa shape index (κ3) is 4.46. The Bertz CT molecular complexity index is 800. The van der Waals surface area contributed by atoms with Crippen LogP contribution in [0, 0.1) is 17.1 Å². The first-order valence-corrected chi connectivity index (χ1v) is 9.15. The number of piperidine rings is 1. The van der Waals surface area contributed by atoms with Gasteiger partial charge in [-0.3, -0.25) is 0 Å². The van der Waals surface area contributed by atoms with E-state index in [0.717, 1.165) is 4.90 Å². The molecule has 0 saturated carbocycles. The van der Waals surface area contributed by atoms with E-state index >= 15 is 0 Å². The molecule has 10 heteroatoms. The molecule has 0 aromatic heterocycles. The van der Waals surface area contributed by atoms with Crippen LogP contribution in [0.1, 0.15) is 36.3 Å². The average molecular weight is 416 g/mol. The second-order valence-corrected chi connectivity index (χ2v) is 7.30. The highest BCUT2D eigenvalue weighted by Crippen LogP contribution is 2.43. The number of carbonyl (C=O) groups is 1. The number of carbonyl (C=O) groups excluding carboxylic acids is 1. The lowest BCUT2D eigenvalue weighted by molar-refractivity contribution is -0.215. The van der Waals surface area contributed by atoms with Crippen molar-refractivity contribution in [1.82, 2.24) is 4.90 Å². The Morgan fingerprint density at radius 1 is 1.41 bits per heavy atom. The number of hydrogen-bond donors (Lipinski definition) is 1. The summed E-state index contributed by atoms with van der Waals surface area (Å²) in [5.74, 6) is -0.811. The topological polar surface area (TPSA) is 82.8 Å². The van der Waals surface area contributed by atoms with Crippen molar-refractivity contribution >= 4 is 6.09 Å². The number of nitriles is 1. The average Bonchev–Trinajstić information content (AvgIpc) is 3.09. The molecule has 1 amide bonds. The van der Waals surface area contributed by atoms with Gasteiger partial charge in [-0.05, 0) is 30.9 Å². The minimum absolute atomic E-state index is 0.0379. The molecule has 6 nitrogen and oxygen atoms in total. The lowest BCUT2D eigenvalue weighted by atomic mass is 9.83. The van der Waals surface area contributed by atoms with Crippen LogP contribution in [0.15, 0.2) is 18.2 Å². The highest BCUT2D eigenvalue weighted by molar-refractivity contribution is 5.68. The van der Waals surface area contributed by atoms with Crippen LogP contribution in [0.3, 0.4) is 0 Å². The van der Waals surface area contributed by atoms with Crippen LogP contribution in [0.25, 0.3) is 0 Å². The van der Waals surface area contributed by atoms with Gasteiger partial charge in [0, 0.05) is 19.0 Å². The van der Waals surface area contributed by atoms with E-state index in [4.69, 9.17) is 15.1 Å². The van der Waals surface area contributed by atoms with E-state index in [0.29, 0.717) is 24.8 Å². The summed E-state index contributed by atoms with van der Waals surface area (Å²) in [5, 5.41) is 17.8. The Labute approximate surface area is 164 Å². The molecule has 1 spiro atoms. The molecule has 1 N–H and O–H groups in total. The van der Waals surface area contributed by atoms with Gasteiger partial charge in [0.1, 0.15) is 11.9 Å². The summed E-state index contributed by atoms with van der Waals surface area (Å²) in [6, 6.07) is 6.43. The van der Waals surface area contributed by atoms with Crippen LogP contribution in [-0.2, 0) is 9.47 Å². The second kappa shape index (κ2) is 8.16. The molecule has 3 rings (SSSR count). The molecule has 1 aromatic rings. The van der Waals surface area contributed by atoms with Crippen molar-refractivity contribution in [3.8, 4) is 6.07 Å². The zero-order chi connectivity index (χ0) is 21.2. The van der Waals surface area contributed by atoms with Gasteiger partial charge in [-0.2, -0.15) is 18.4 Å². The zero-order valence-electron chi connectivity index (χ0n) is 15.4. The Morgan fingerprint density at radius 2 is 2.10 bits per heavy atom. The quantitative estimate of drug-likeness (QED) is 0.766. The van der Waals surface area contributed by atoms with Crippen molar-refractivity contribution in [3.05, 3.63) is 35.1 Å². The minimum atomic E-state index is -4.84. The van der Waals surface area contributed by atoms with E-state index in [-0.39, 0.29) is 31.2 Å². The van der Waals surface area contributed by atoms with E-state index in [1.807, 2.05) is 6.07 Å². The van der Waals surface area contributed by atoms with E-state index < -0.39 is 36.4 Å². The summed E-state index contributed by atoms with van der Waals surface area (Å²) in [7, 11) is 0. The van der Waals surface area contributed by atoms with Gasteiger partial charge < -0.3 is 19.5 Å². The van der Waals surface area contributed by atoms with Gasteiger partial charge in [-0.1, -0.05) is 12.1 Å². The van der Waals surface area contributed by atoms with Gasteiger partial charge in [0.25, 0.3) is 0 Å². The fourth-order valence-corrected chi connectivity index (χ4v) is 3.84. The number of amides is 1. The lowest BCUT2D eigenvalue weighted by Gasteiger charge is -2.38. The van der Waals surface area contributed by atoms with Crippen LogP contribution in [0.2, 0.25) is 0 Å². The third-order valence-electron chi connectivity index (χ3n) is 5.50. The maximum absolute atomic E-state index is 14.4. The third-order valence-corrected chi connectivity index (χ3v) is 5.50. The normalized spacial score (nSPS) is 22.3. The summed E-state index contributed by atoms with van der Waals surface area (Å²) < 4.78 is 62.7. The van der Waals surface area contributed by atoms with E-state index in [2.05, 4.69) is 4.74 Å². The maximum atomic E-state index is 14.4. The number of alkyl halides is 3. The Hall–Kier alpha value is -2.38. The van der Waals surface area contributed by atoms with Crippen LogP contribution >= 0.6 is 0 Å². The van der Waals surface area contributed by atoms with E-state index in [1.165, 1.54) is 6.07 Å². The van der Waals surface area contributed by atoms with Gasteiger partial charge in [0.15, 0.2) is 0 Å². The number of benzene rings is 1. The van der Waals surface area contributed by atoms with Crippen LogP contribution in [-0.4, -0.2) is 60.3 Å². The monoisotopic (exact) mass is 416 g/mol. The molecular weight excluding hydrogens is 396 g/mol. The van der Waals surface area contributed by atoms with Gasteiger partial charge in [-0.25, -0.2) is 9.18 Å². The van der Waals surface area contributed by atoms with Crippen molar-refractivity contribution in [1.29, 1.82) is 5.26 Å². The van der Waals surface area contributed by atoms with Gasteiger partial charge in [0.2, 0.25) is 6.10 Å². The van der Waals surface area contributed by atoms with Crippen molar-refractivity contribution in [3.63, 3.8) is 0 Å². The van der Waals surface area contributed by atoms with Gasteiger partial charge in [0.05, 0.1) is 24.4 Å². The number of likely N-dealkylation sites (tertiary alicyclic amines) is 1. The molecule has 2 aliphatic heterocycles. The fourth-order valence-electron chi connectivity index (χ4n) is 3.84. The largest absolute Gasteiger partial charge is 0.434 e. The Balaban J connectivity index is 1.60. The van der Waals surface area contributed by atoms with Crippen LogP contribution in [0.5, 0.6) is 0 Å². The smallest absolute Gasteiger partial charge is 0.427 e. The molecule has 1 unspecified atom stereocenters. The summed E-state index contributed by atoms with van der Waals surface area (Å²) in [5.41, 5.74) is -0.237. The molecule has 2 saturated heterocycles. The molecular formula is C19H20F4N2O4. The molecule has 0 aliphatic carbocycles. The number of ether oxygens (including phenoxy) is 2. The minimum Gasteiger partial charge on any atom is -0.434 e. The van der Waals surface area contributed by atoms with Crippen LogP contribution in [0.4, 0.5) is 22.4 Å². The molecule has 0 radical (unpaired) electrons. The maximum Gasteiger partial charge on any atom is 0.427 e. The predicted molar refractivity (Wildman–Crippen MR) is 91.4 cm³/mol. The lowest BCUT2D eigenvalue weighted by Crippen LogP contribution is -2.48. The van der Waals surface area contributed by atoms with Gasteiger partial charge in [-0.15, -0.1) is 0 Å². The summed E-state index contributed by atoms with van der Waals surface area (Å²) in [6.07, 6.45) is -7.32. The van der Waals surface area contributed by atoms with Gasteiger partial charge >= 0.3 is 12.3 Å². The highest BCUT2D eigenvalue weighted by Gasteiger charge is 2.46. The first-order valence-electron chi connectivity index (χ1n) is 9.15. The first kappa shape index (κ1) is 21.3. The molecule has 158 valence electrons. The summed E-state index contributed by atoms with van der Waals surface area (Å²) in [6.45, 7) is -0.827. The molecule has 0 bridgehead atoms. The number of rotatable bonds is 3.